The Balaban J connectivity index is 1.85. The molecule has 0 unspecified atom stereocenters. The lowest BCUT2D eigenvalue weighted by molar-refractivity contribution is 0.590. The first-order chi connectivity index (χ1) is 14.4. The second-order valence-electron chi connectivity index (χ2n) is 7.56. The van der Waals surface area contributed by atoms with Crippen LogP contribution in [0.3, 0.4) is 0 Å². The van der Waals surface area contributed by atoms with Crippen molar-refractivity contribution in [3.63, 3.8) is 0 Å². The van der Waals surface area contributed by atoms with Crippen molar-refractivity contribution in [3.8, 4) is 0 Å². The fourth-order valence-corrected chi connectivity index (χ4v) is 4.99. The van der Waals surface area contributed by atoms with Crippen LogP contribution in [0.25, 0.3) is 5.65 Å². The van der Waals surface area contributed by atoms with Crippen molar-refractivity contribution in [2.24, 2.45) is 0 Å². The van der Waals surface area contributed by atoms with Gasteiger partial charge in [-0.2, -0.15) is 0 Å². The number of anilines is 1. The van der Waals surface area contributed by atoms with Gasteiger partial charge in [-0.3, -0.25) is 8.71 Å². The third kappa shape index (κ3) is 3.68. The fraction of sp³-hybridized carbons (Fsp3) is 0.217. The molecule has 0 spiro atoms. The molecule has 30 heavy (non-hydrogen) atoms. The van der Waals surface area contributed by atoms with Gasteiger partial charge in [0.15, 0.2) is 5.65 Å². The Morgan fingerprint density at radius 3 is 2.30 bits per heavy atom. The van der Waals surface area contributed by atoms with Crippen molar-refractivity contribution in [3.05, 3.63) is 89.9 Å². The van der Waals surface area contributed by atoms with Gasteiger partial charge >= 0.3 is 0 Å². The van der Waals surface area contributed by atoms with E-state index in [9.17, 15) is 8.42 Å². The molecule has 0 aliphatic rings. The predicted molar refractivity (Wildman–Crippen MR) is 118 cm³/mol. The first-order valence-electron chi connectivity index (χ1n) is 9.85. The van der Waals surface area contributed by atoms with E-state index in [-0.39, 0.29) is 11.4 Å². The molecule has 0 radical (unpaired) electrons. The third-order valence-electron chi connectivity index (χ3n) is 5.15. The summed E-state index contributed by atoms with van der Waals surface area (Å²) in [6.07, 6.45) is 1.77. The molecule has 0 atom stereocenters. The predicted octanol–water partition coefficient (Wildman–Crippen LogP) is 4.56. The van der Waals surface area contributed by atoms with Crippen LogP contribution in [0.5, 0.6) is 0 Å². The van der Waals surface area contributed by atoms with Gasteiger partial charge in [-0.1, -0.05) is 56.3 Å². The minimum absolute atomic E-state index is 0.134. The Hall–Kier alpha value is -3.19. The van der Waals surface area contributed by atoms with Crippen LogP contribution in [0.1, 0.15) is 36.7 Å². The van der Waals surface area contributed by atoms with Gasteiger partial charge in [-0.25, -0.2) is 8.42 Å². The summed E-state index contributed by atoms with van der Waals surface area (Å²) < 4.78 is 30.8. The average Bonchev–Trinajstić information content (AvgIpc) is 3.13. The molecule has 0 aliphatic carbocycles. The van der Waals surface area contributed by atoms with Gasteiger partial charge in [-0.05, 0) is 48.2 Å². The topological polar surface area (TPSA) is 67.6 Å². The van der Waals surface area contributed by atoms with Crippen LogP contribution in [0.15, 0.2) is 77.8 Å². The van der Waals surface area contributed by atoms with Crippen molar-refractivity contribution in [1.29, 1.82) is 0 Å². The SMILES string of the molecule is Cc1nnc2c(S(=O)(=O)N(Cc3ccccc3)c3ccc(C(C)C)cc3)cccn12. The highest BCUT2D eigenvalue weighted by Gasteiger charge is 2.28. The van der Waals surface area contributed by atoms with Gasteiger partial charge in [0, 0.05) is 6.20 Å². The zero-order valence-corrected chi connectivity index (χ0v) is 18.0. The number of aryl methyl sites for hydroxylation is 1. The number of fused-ring (bicyclic) bond motifs is 1. The van der Waals surface area contributed by atoms with Gasteiger partial charge in [-0.15, -0.1) is 10.2 Å². The number of sulfonamides is 1. The van der Waals surface area contributed by atoms with E-state index in [0.717, 1.165) is 11.1 Å². The smallest absolute Gasteiger partial charge is 0.268 e. The Labute approximate surface area is 176 Å². The number of hydrogen-bond donors (Lipinski definition) is 0. The van der Waals surface area contributed by atoms with Crippen LogP contribution in [0.2, 0.25) is 0 Å². The molecule has 0 bridgehead atoms. The largest absolute Gasteiger partial charge is 0.286 e. The van der Waals surface area contributed by atoms with Crippen LogP contribution >= 0.6 is 0 Å². The summed E-state index contributed by atoms with van der Waals surface area (Å²) in [5.41, 5.74) is 3.00. The Morgan fingerprint density at radius 2 is 1.63 bits per heavy atom. The molecule has 4 rings (SSSR count). The molecule has 2 aromatic heterocycles. The Bertz CT molecular complexity index is 1260. The fourth-order valence-electron chi connectivity index (χ4n) is 3.42. The highest BCUT2D eigenvalue weighted by molar-refractivity contribution is 7.93. The Kier molecular flexibility index (Phi) is 5.30. The lowest BCUT2D eigenvalue weighted by atomic mass is 10.0. The van der Waals surface area contributed by atoms with Crippen LogP contribution < -0.4 is 4.31 Å². The highest BCUT2D eigenvalue weighted by Crippen LogP contribution is 2.29. The first-order valence-corrected chi connectivity index (χ1v) is 11.3. The number of rotatable bonds is 6. The van der Waals surface area contributed by atoms with E-state index in [1.807, 2.05) is 54.6 Å². The molecular formula is C23H24N4O2S. The van der Waals surface area contributed by atoms with E-state index in [1.165, 1.54) is 4.31 Å². The lowest BCUT2D eigenvalue weighted by Gasteiger charge is -2.25. The number of benzene rings is 2. The molecule has 0 N–H and O–H groups in total. The van der Waals surface area contributed by atoms with Gasteiger partial charge < -0.3 is 0 Å². The van der Waals surface area contributed by atoms with E-state index >= 15 is 0 Å². The standard InChI is InChI=1S/C23H24N4O2S/c1-17(2)20-11-13-21(14-12-20)27(16-19-8-5-4-6-9-19)30(28,29)22-10-7-15-26-18(3)24-25-23(22)26/h4-15,17H,16H2,1-3H3. The molecule has 0 amide bonds. The number of aromatic nitrogens is 3. The highest BCUT2D eigenvalue weighted by atomic mass is 32.2. The minimum Gasteiger partial charge on any atom is -0.286 e. The van der Waals surface area contributed by atoms with E-state index in [4.69, 9.17) is 0 Å². The lowest BCUT2D eigenvalue weighted by Crippen LogP contribution is -2.31. The molecule has 0 fully saturated rings. The van der Waals surface area contributed by atoms with E-state index in [0.29, 0.717) is 23.1 Å². The Morgan fingerprint density at radius 1 is 0.933 bits per heavy atom. The molecule has 0 saturated heterocycles. The van der Waals surface area contributed by atoms with Gasteiger partial charge in [0.2, 0.25) is 0 Å². The van der Waals surface area contributed by atoms with Gasteiger partial charge in [0.25, 0.3) is 10.0 Å². The normalized spacial score (nSPS) is 11.9. The molecule has 6 nitrogen and oxygen atoms in total. The van der Waals surface area contributed by atoms with Gasteiger partial charge in [0.1, 0.15) is 10.7 Å². The average molecular weight is 421 g/mol. The summed E-state index contributed by atoms with van der Waals surface area (Å²) in [6, 6.07) is 20.6. The van der Waals surface area contributed by atoms with Crippen molar-refractivity contribution >= 4 is 21.4 Å². The quantitative estimate of drug-likeness (QED) is 0.459. The maximum Gasteiger partial charge on any atom is 0.268 e. The summed E-state index contributed by atoms with van der Waals surface area (Å²) in [5, 5.41) is 8.16. The summed E-state index contributed by atoms with van der Waals surface area (Å²) in [6.45, 7) is 6.24. The van der Waals surface area contributed by atoms with Gasteiger partial charge in [0.05, 0.1) is 12.2 Å². The molecule has 0 aliphatic heterocycles. The van der Waals surface area contributed by atoms with E-state index in [1.54, 1.807) is 29.7 Å². The monoisotopic (exact) mass is 420 g/mol. The molecular weight excluding hydrogens is 396 g/mol. The molecule has 7 heteroatoms. The summed E-state index contributed by atoms with van der Waals surface area (Å²) >= 11 is 0. The summed E-state index contributed by atoms with van der Waals surface area (Å²) in [5.74, 6) is 1.00. The van der Waals surface area contributed by atoms with Crippen molar-refractivity contribution in [2.45, 2.75) is 38.1 Å². The van der Waals surface area contributed by atoms with Crippen LogP contribution in [0.4, 0.5) is 5.69 Å². The maximum absolute atomic E-state index is 13.8. The first kappa shape index (κ1) is 20.1. The summed E-state index contributed by atoms with van der Waals surface area (Å²) in [4.78, 5) is 0.134. The van der Waals surface area contributed by atoms with E-state index < -0.39 is 10.0 Å². The number of pyridine rings is 1. The molecule has 2 aromatic carbocycles. The van der Waals surface area contributed by atoms with Crippen LogP contribution in [-0.2, 0) is 16.6 Å². The number of hydrogen-bond acceptors (Lipinski definition) is 4. The number of nitrogens with zero attached hydrogens (tertiary/aromatic N) is 4. The van der Waals surface area contributed by atoms with Crippen molar-refractivity contribution < 1.29 is 8.42 Å². The second kappa shape index (κ2) is 7.91. The van der Waals surface area contributed by atoms with Crippen molar-refractivity contribution in [2.75, 3.05) is 4.31 Å². The second-order valence-corrected chi connectivity index (χ2v) is 9.39. The summed E-state index contributed by atoms with van der Waals surface area (Å²) in [7, 11) is -3.89. The van der Waals surface area contributed by atoms with E-state index in [2.05, 4.69) is 24.0 Å². The van der Waals surface area contributed by atoms with Crippen LogP contribution in [0, 0.1) is 6.92 Å². The van der Waals surface area contributed by atoms with Crippen LogP contribution in [-0.4, -0.2) is 23.0 Å². The zero-order chi connectivity index (χ0) is 21.3. The molecule has 154 valence electrons. The maximum atomic E-state index is 13.8. The van der Waals surface area contributed by atoms with Crippen molar-refractivity contribution in [1.82, 2.24) is 14.6 Å². The zero-order valence-electron chi connectivity index (χ0n) is 17.2. The minimum atomic E-state index is -3.89. The molecule has 0 saturated carbocycles. The third-order valence-corrected chi connectivity index (χ3v) is 6.95. The molecule has 4 aromatic rings. The molecule has 2 heterocycles.